The molecule has 7 nitrogen and oxygen atoms in total. The molecule has 2 aromatic carbocycles. The predicted molar refractivity (Wildman–Crippen MR) is 110 cm³/mol. The first-order chi connectivity index (χ1) is 14.3. The molecule has 30 heavy (non-hydrogen) atoms. The van der Waals surface area contributed by atoms with Crippen LogP contribution in [-0.2, 0) is 21.4 Å². The van der Waals surface area contributed by atoms with Crippen molar-refractivity contribution in [2.75, 3.05) is 18.8 Å². The Morgan fingerprint density at radius 1 is 1.17 bits per heavy atom. The number of hydrogen-bond donors (Lipinski definition) is 2. The van der Waals surface area contributed by atoms with Crippen LogP contribution < -0.4 is 5.32 Å². The molecule has 1 fully saturated rings. The maximum Gasteiger partial charge on any atom is 0.405 e. The van der Waals surface area contributed by atoms with E-state index >= 15 is 0 Å². The van der Waals surface area contributed by atoms with Gasteiger partial charge in [0.2, 0.25) is 10.0 Å². The number of halogens is 1. The summed E-state index contributed by atoms with van der Waals surface area (Å²) in [5.74, 6) is -0.669. The summed E-state index contributed by atoms with van der Waals surface area (Å²) in [4.78, 5) is 11.1. The number of hydrogen-bond acceptors (Lipinski definition) is 4. The van der Waals surface area contributed by atoms with Crippen molar-refractivity contribution >= 4 is 16.1 Å². The Kier molecular flexibility index (Phi) is 7.41. The Hall–Kier alpha value is -2.49. The SMILES string of the molecule is O=C(O)N[C@@H](CS(=O)(=O)N1CCC(OCc2cccc(F)c2)CC1)c1ccccc1. The van der Waals surface area contributed by atoms with Gasteiger partial charge in [-0.15, -0.1) is 0 Å². The van der Waals surface area contributed by atoms with E-state index in [4.69, 9.17) is 9.84 Å². The van der Waals surface area contributed by atoms with E-state index in [1.807, 2.05) is 0 Å². The van der Waals surface area contributed by atoms with Gasteiger partial charge in [-0.1, -0.05) is 42.5 Å². The van der Waals surface area contributed by atoms with Gasteiger partial charge in [-0.05, 0) is 36.1 Å². The Morgan fingerprint density at radius 2 is 1.87 bits per heavy atom. The predicted octanol–water partition coefficient (Wildman–Crippen LogP) is 3.15. The molecule has 9 heteroatoms. The smallest absolute Gasteiger partial charge is 0.405 e. The maximum absolute atomic E-state index is 13.3. The average molecular weight is 437 g/mol. The van der Waals surface area contributed by atoms with E-state index in [9.17, 15) is 17.6 Å². The van der Waals surface area contributed by atoms with Gasteiger partial charge < -0.3 is 15.2 Å². The molecule has 0 aromatic heterocycles. The number of amides is 1. The van der Waals surface area contributed by atoms with Crippen LogP contribution in [0.25, 0.3) is 0 Å². The van der Waals surface area contributed by atoms with E-state index in [-0.39, 0.29) is 24.3 Å². The van der Waals surface area contributed by atoms with E-state index in [1.54, 1.807) is 42.5 Å². The lowest BCUT2D eigenvalue weighted by atomic mass is 10.1. The second-order valence-electron chi connectivity index (χ2n) is 7.23. The molecule has 1 aliphatic heterocycles. The number of nitrogens with one attached hydrogen (secondary N) is 1. The van der Waals surface area contributed by atoms with Crippen LogP contribution in [0.2, 0.25) is 0 Å². The van der Waals surface area contributed by atoms with Crippen LogP contribution >= 0.6 is 0 Å². The third-order valence-electron chi connectivity index (χ3n) is 5.05. The number of carbonyl (C=O) groups is 1. The maximum atomic E-state index is 13.3. The van der Waals surface area contributed by atoms with Gasteiger partial charge in [0.15, 0.2) is 0 Å². The van der Waals surface area contributed by atoms with Crippen LogP contribution in [0, 0.1) is 5.82 Å². The molecule has 3 rings (SSSR count). The first-order valence-electron chi connectivity index (χ1n) is 9.72. The molecular weight excluding hydrogens is 411 g/mol. The second kappa shape index (κ2) is 10.0. The van der Waals surface area contributed by atoms with E-state index in [1.165, 1.54) is 16.4 Å². The lowest BCUT2D eigenvalue weighted by molar-refractivity contribution is 0.0101. The van der Waals surface area contributed by atoms with Crippen LogP contribution in [0.15, 0.2) is 54.6 Å². The molecule has 1 amide bonds. The Labute approximate surface area is 175 Å². The van der Waals surface area contributed by atoms with Crippen LogP contribution in [-0.4, -0.2) is 48.9 Å². The number of ether oxygens (including phenoxy) is 1. The minimum atomic E-state index is -3.67. The van der Waals surface area contributed by atoms with Crippen molar-refractivity contribution in [1.29, 1.82) is 0 Å². The largest absolute Gasteiger partial charge is 0.465 e. The highest BCUT2D eigenvalue weighted by Crippen LogP contribution is 2.22. The van der Waals surface area contributed by atoms with Crippen molar-refractivity contribution < 1.29 is 27.4 Å². The molecule has 0 unspecified atom stereocenters. The quantitative estimate of drug-likeness (QED) is 0.663. The average Bonchev–Trinajstić information content (AvgIpc) is 2.72. The van der Waals surface area contributed by atoms with Crippen molar-refractivity contribution in [2.24, 2.45) is 0 Å². The van der Waals surface area contributed by atoms with Gasteiger partial charge in [0.25, 0.3) is 0 Å². The molecule has 0 bridgehead atoms. The number of carboxylic acid groups (broad SMARTS) is 1. The van der Waals surface area contributed by atoms with Crippen LogP contribution in [0.3, 0.4) is 0 Å². The molecular formula is C21H25FN2O5S. The molecule has 0 radical (unpaired) electrons. The molecule has 1 atom stereocenters. The van der Waals surface area contributed by atoms with E-state index < -0.39 is 22.2 Å². The molecule has 0 spiro atoms. The fourth-order valence-electron chi connectivity index (χ4n) is 3.49. The summed E-state index contributed by atoms with van der Waals surface area (Å²) >= 11 is 0. The number of benzene rings is 2. The van der Waals surface area contributed by atoms with Crippen molar-refractivity contribution in [3.05, 3.63) is 71.5 Å². The Morgan fingerprint density at radius 3 is 2.50 bits per heavy atom. The second-order valence-corrected chi connectivity index (χ2v) is 9.24. The van der Waals surface area contributed by atoms with E-state index in [2.05, 4.69) is 5.32 Å². The highest BCUT2D eigenvalue weighted by Gasteiger charge is 2.31. The van der Waals surface area contributed by atoms with Gasteiger partial charge in [0, 0.05) is 13.1 Å². The summed E-state index contributed by atoms with van der Waals surface area (Å²) in [5, 5.41) is 11.4. The molecule has 1 heterocycles. The number of rotatable bonds is 8. The number of nitrogens with zero attached hydrogens (tertiary/aromatic N) is 1. The van der Waals surface area contributed by atoms with E-state index in [0.29, 0.717) is 31.5 Å². The zero-order chi connectivity index (χ0) is 21.6. The van der Waals surface area contributed by atoms with E-state index in [0.717, 1.165) is 5.56 Å². The van der Waals surface area contributed by atoms with Gasteiger partial charge in [-0.2, -0.15) is 0 Å². The fourth-order valence-corrected chi connectivity index (χ4v) is 5.16. The first kappa shape index (κ1) is 22.2. The van der Waals surface area contributed by atoms with Crippen molar-refractivity contribution in [3.8, 4) is 0 Å². The monoisotopic (exact) mass is 436 g/mol. The molecule has 1 aliphatic rings. The molecule has 162 valence electrons. The molecule has 2 aromatic rings. The third-order valence-corrected chi connectivity index (χ3v) is 6.95. The molecule has 0 saturated carbocycles. The van der Waals surface area contributed by atoms with Crippen molar-refractivity contribution in [3.63, 3.8) is 0 Å². The summed E-state index contributed by atoms with van der Waals surface area (Å²) < 4.78 is 46.2. The van der Waals surface area contributed by atoms with Crippen LogP contribution in [0.1, 0.15) is 30.0 Å². The highest BCUT2D eigenvalue weighted by molar-refractivity contribution is 7.89. The van der Waals surface area contributed by atoms with Gasteiger partial charge in [-0.25, -0.2) is 21.9 Å². The first-order valence-corrected chi connectivity index (χ1v) is 11.3. The summed E-state index contributed by atoms with van der Waals surface area (Å²) in [6.07, 6.45) is -0.335. The third kappa shape index (κ3) is 6.25. The number of sulfonamides is 1. The zero-order valence-corrected chi connectivity index (χ0v) is 17.2. The zero-order valence-electron chi connectivity index (χ0n) is 16.4. The summed E-state index contributed by atoms with van der Waals surface area (Å²) in [6.45, 7) is 0.864. The Bertz CT molecular complexity index is 947. The summed E-state index contributed by atoms with van der Waals surface area (Å²) in [5.41, 5.74) is 1.33. The minimum Gasteiger partial charge on any atom is -0.465 e. The molecule has 1 saturated heterocycles. The van der Waals surface area contributed by atoms with Crippen molar-refractivity contribution in [2.45, 2.75) is 31.6 Å². The lowest BCUT2D eigenvalue weighted by Gasteiger charge is -2.32. The minimum absolute atomic E-state index is 0.109. The van der Waals surface area contributed by atoms with Gasteiger partial charge >= 0.3 is 6.09 Å². The summed E-state index contributed by atoms with van der Waals surface area (Å²) in [6, 6.07) is 14.0. The molecule has 0 aliphatic carbocycles. The topological polar surface area (TPSA) is 95.9 Å². The standard InChI is InChI=1S/C21H25FN2O5S/c22-18-8-4-5-16(13-18)14-29-19-9-11-24(12-10-19)30(27,28)15-20(23-21(25)26)17-6-2-1-3-7-17/h1-8,13,19-20,23H,9-12,14-15H2,(H,25,26)/t20-/m0/s1. The van der Waals surface area contributed by atoms with Crippen LogP contribution in [0.4, 0.5) is 9.18 Å². The normalized spacial score (nSPS) is 16.8. The molecule has 2 N–H and O–H groups in total. The van der Waals surface area contributed by atoms with Crippen LogP contribution in [0.5, 0.6) is 0 Å². The summed E-state index contributed by atoms with van der Waals surface area (Å²) in [7, 11) is -3.67. The fraction of sp³-hybridized carbons (Fsp3) is 0.381. The van der Waals surface area contributed by atoms with Gasteiger partial charge in [0.05, 0.1) is 24.5 Å². The Balaban J connectivity index is 1.56. The van der Waals surface area contributed by atoms with Gasteiger partial charge in [-0.3, -0.25) is 0 Å². The number of piperidine rings is 1. The lowest BCUT2D eigenvalue weighted by Crippen LogP contribution is -2.44. The van der Waals surface area contributed by atoms with Crippen molar-refractivity contribution in [1.82, 2.24) is 9.62 Å². The highest BCUT2D eigenvalue weighted by atomic mass is 32.2. The van der Waals surface area contributed by atoms with Gasteiger partial charge in [0.1, 0.15) is 5.82 Å².